The number of nitrogens with one attached hydrogen (secondary N) is 1. The summed E-state index contributed by atoms with van der Waals surface area (Å²) in [4.78, 5) is 2.45. The largest absolute Gasteiger partial charge is 0.381 e. The number of halogens is 1. The van der Waals surface area contributed by atoms with Crippen molar-refractivity contribution in [3.05, 3.63) is 58.6 Å². The molecule has 0 amide bonds. The van der Waals surface area contributed by atoms with Crippen LogP contribution in [0.5, 0.6) is 0 Å². The van der Waals surface area contributed by atoms with Crippen LogP contribution in [-0.2, 0) is 6.54 Å². The van der Waals surface area contributed by atoms with E-state index < -0.39 is 0 Å². The quantitative estimate of drug-likeness (QED) is 0.867. The van der Waals surface area contributed by atoms with Gasteiger partial charge in [-0.25, -0.2) is 0 Å². The highest BCUT2D eigenvalue weighted by Gasteiger charge is 2.11. The molecule has 1 aliphatic rings. The Morgan fingerprint density at radius 3 is 2.43 bits per heavy atom. The van der Waals surface area contributed by atoms with Crippen LogP contribution >= 0.6 is 11.6 Å². The van der Waals surface area contributed by atoms with Gasteiger partial charge in [0, 0.05) is 36.0 Å². The van der Waals surface area contributed by atoms with Gasteiger partial charge < -0.3 is 10.2 Å². The molecule has 0 bridgehead atoms. The lowest BCUT2D eigenvalue weighted by Gasteiger charge is -2.18. The molecule has 1 fully saturated rings. The standard InChI is InChI=1S/C18H21ClN2/c1-14-12-16(19)5-4-15(14)13-20-17-6-8-18(9-7-17)21-10-2-3-11-21/h4-9,12,20H,2-3,10-11,13H2,1H3. The van der Waals surface area contributed by atoms with Gasteiger partial charge in [-0.05, 0) is 67.3 Å². The molecule has 0 unspecified atom stereocenters. The predicted octanol–water partition coefficient (Wildman–Crippen LogP) is 4.86. The van der Waals surface area contributed by atoms with Gasteiger partial charge >= 0.3 is 0 Å². The summed E-state index contributed by atoms with van der Waals surface area (Å²) in [5.74, 6) is 0. The van der Waals surface area contributed by atoms with Crippen molar-refractivity contribution in [1.82, 2.24) is 0 Å². The zero-order valence-electron chi connectivity index (χ0n) is 12.4. The highest BCUT2D eigenvalue weighted by Crippen LogP contribution is 2.23. The Morgan fingerprint density at radius 2 is 1.76 bits per heavy atom. The molecule has 3 heteroatoms. The molecule has 0 aromatic heterocycles. The summed E-state index contributed by atoms with van der Waals surface area (Å²) in [7, 11) is 0. The Kier molecular flexibility index (Phi) is 4.35. The minimum Gasteiger partial charge on any atom is -0.381 e. The summed E-state index contributed by atoms with van der Waals surface area (Å²) in [6.07, 6.45) is 2.63. The van der Waals surface area contributed by atoms with Gasteiger partial charge in [0.2, 0.25) is 0 Å². The molecule has 1 N–H and O–H groups in total. The predicted molar refractivity (Wildman–Crippen MR) is 91.4 cm³/mol. The first-order valence-electron chi connectivity index (χ1n) is 7.56. The first-order chi connectivity index (χ1) is 10.2. The molecule has 0 saturated carbocycles. The fourth-order valence-corrected chi connectivity index (χ4v) is 3.05. The maximum atomic E-state index is 5.99. The van der Waals surface area contributed by atoms with E-state index in [-0.39, 0.29) is 0 Å². The first kappa shape index (κ1) is 14.3. The van der Waals surface area contributed by atoms with E-state index in [1.807, 2.05) is 12.1 Å². The number of aryl methyl sites for hydroxylation is 1. The maximum absolute atomic E-state index is 5.99. The van der Waals surface area contributed by atoms with Crippen LogP contribution in [0.3, 0.4) is 0 Å². The number of hydrogen-bond acceptors (Lipinski definition) is 2. The number of benzene rings is 2. The summed E-state index contributed by atoms with van der Waals surface area (Å²) in [5.41, 5.74) is 5.00. The lowest BCUT2D eigenvalue weighted by molar-refractivity contribution is 0.949. The Morgan fingerprint density at radius 1 is 1.05 bits per heavy atom. The third kappa shape index (κ3) is 3.51. The van der Waals surface area contributed by atoms with E-state index in [1.165, 1.54) is 42.7 Å². The van der Waals surface area contributed by atoms with Crippen LogP contribution in [0.15, 0.2) is 42.5 Å². The Hall–Kier alpha value is -1.67. The Balaban J connectivity index is 1.62. The Labute approximate surface area is 131 Å². The molecule has 1 aliphatic heterocycles. The van der Waals surface area contributed by atoms with Crippen LogP contribution in [0.4, 0.5) is 11.4 Å². The number of hydrogen-bond donors (Lipinski definition) is 1. The summed E-state index contributed by atoms with van der Waals surface area (Å²) in [6, 6.07) is 14.8. The highest BCUT2D eigenvalue weighted by molar-refractivity contribution is 6.30. The molecule has 2 aromatic carbocycles. The summed E-state index contributed by atoms with van der Waals surface area (Å²) < 4.78 is 0. The van der Waals surface area contributed by atoms with Gasteiger partial charge in [0.1, 0.15) is 0 Å². The van der Waals surface area contributed by atoms with Crippen LogP contribution in [-0.4, -0.2) is 13.1 Å². The van der Waals surface area contributed by atoms with Crippen LogP contribution in [0.2, 0.25) is 5.02 Å². The lowest BCUT2D eigenvalue weighted by atomic mass is 10.1. The van der Waals surface area contributed by atoms with E-state index in [2.05, 4.69) is 47.5 Å². The number of nitrogens with zero attached hydrogens (tertiary/aromatic N) is 1. The van der Waals surface area contributed by atoms with Crippen molar-refractivity contribution in [2.75, 3.05) is 23.3 Å². The lowest BCUT2D eigenvalue weighted by Crippen LogP contribution is -2.17. The summed E-state index contributed by atoms with van der Waals surface area (Å²) >= 11 is 5.99. The SMILES string of the molecule is Cc1cc(Cl)ccc1CNc1ccc(N2CCCC2)cc1. The van der Waals surface area contributed by atoms with Crippen LogP contribution in [0.1, 0.15) is 24.0 Å². The second kappa shape index (κ2) is 6.40. The van der Waals surface area contributed by atoms with Crippen molar-refractivity contribution in [3.8, 4) is 0 Å². The molecule has 1 saturated heterocycles. The summed E-state index contributed by atoms with van der Waals surface area (Å²) in [5, 5.41) is 4.27. The molecule has 2 nitrogen and oxygen atoms in total. The zero-order chi connectivity index (χ0) is 14.7. The van der Waals surface area contributed by atoms with E-state index >= 15 is 0 Å². The van der Waals surface area contributed by atoms with E-state index in [1.54, 1.807) is 0 Å². The molecule has 110 valence electrons. The van der Waals surface area contributed by atoms with Crippen LogP contribution in [0.25, 0.3) is 0 Å². The first-order valence-corrected chi connectivity index (χ1v) is 7.94. The second-order valence-electron chi connectivity index (χ2n) is 5.67. The van der Waals surface area contributed by atoms with Gasteiger partial charge in [0.15, 0.2) is 0 Å². The second-order valence-corrected chi connectivity index (χ2v) is 6.10. The minimum absolute atomic E-state index is 0.797. The average Bonchev–Trinajstić information content (AvgIpc) is 3.01. The zero-order valence-corrected chi connectivity index (χ0v) is 13.2. The van der Waals surface area contributed by atoms with Gasteiger partial charge in [0.25, 0.3) is 0 Å². The topological polar surface area (TPSA) is 15.3 Å². The molecule has 0 radical (unpaired) electrons. The molecule has 3 rings (SSSR count). The fraction of sp³-hybridized carbons (Fsp3) is 0.333. The van der Waals surface area contributed by atoms with Crippen molar-refractivity contribution in [2.45, 2.75) is 26.3 Å². The van der Waals surface area contributed by atoms with Crippen molar-refractivity contribution in [2.24, 2.45) is 0 Å². The third-order valence-electron chi connectivity index (χ3n) is 4.13. The number of anilines is 2. The molecule has 0 aliphatic carbocycles. The van der Waals surface area contributed by atoms with E-state index in [9.17, 15) is 0 Å². The molecular weight excluding hydrogens is 280 g/mol. The summed E-state index contributed by atoms with van der Waals surface area (Å²) in [6.45, 7) is 5.30. The highest BCUT2D eigenvalue weighted by atomic mass is 35.5. The van der Waals surface area contributed by atoms with Gasteiger partial charge in [-0.2, -0.15) is 0 Å². The molecule has 1 heterocycles. The van der Waals surface area contributed by atoms with Crippen molar-refractivity contribution in [3.63, 3.8) is 0 Å². The minimum atomic E-state index is 0.797. The molecule has 0 spiro atoms. The van der Waals surface area contributed by atoms with Gasteiger partial charge in [0.05, 0.1) is 0 Å². The Bertz CT molecular complexity index is 601. The van der Waals surface area contributed by atoms with Crippen LogP contribution < -0.4 is 10.2 Å². The van der Waals surface area contributed by atoms with E-state index in [0.29, 0.717) is 0 Å². The third-order valence-corrected chi connectivity index (χ3v) is 4.36. The smallest absolute Gasteiger partial charge is 0.0408 e. The monoisotopic (exact) mass is 300 g/mol. The normalized spacial score (nSPS) is 14.5. The number of rotatable bonds is 4. The van der Waals surface area contributed by atoms with E-state index in [4.69, 9.17) is 11.6 Å². The molecule has 0 atom stereocenters. The molecule has 2 aromatic rings. The van der Waals surface area contributed by atoms with Crippen molar-refractivity contribution < 1.29 is 0 Å². The molecule has 21 heavy (non-hydrogen) atoms. The molecular formula is C18H21ClN2. The average molecular weight is 301 g/mol. The maximum Gasteiger partial charge on any atom is 0.0408 e. The van der Waals surface area contributed by atoms with Gasteiger partial charge in [-0.3, -0.25) is 0 Å². The van der Waals surface area contributed by atoms with E-state index in [0.717, 1.165) is 17.3 Å². The van der Waals surface area contributed by atoms with Crippen molar-refractivity contribution in [1.29, 1.82) is 0 Å². The van der Waals surface area contributed by atoms with Crippen LogP contribution in [0, 0.1) is 6.92 Å². The van der Waals surface area contributed by atoms with Crippen molar-refractivity contribution >= 4 is 23.0 Å². The van der Waals surface area contributed by atoms with Gasteiger partial charge in [-0.15, -0.1) is 0 Å². The van der Waals surface area contributed by atoms with Gasteiger partial charge in [-0.1, -0.05) is 17.7 Å². The fourth-order valence-electron chi connectivity index (χ4n) is 2.82.